The minimum absolute atomic E-state index is 0.169. The van der Waals surface area contributed by atoms with Crippen LogP contribution in [0.2, 0.25) is 5.02 Å². The van der Waals surface area contributed by atoms with Crippen LogP contribution in [-0.4, -0.2) is 11.1 Å². The molecule has 5 heteroatoms. The van der Waals surface area contributed by atoms with Gasteiger partial charge in [0.1, 0.15) is 12.2 Å². The van der Waals surface area contributed by atoms with Crippen LogP contribution in [0.5, 0.6) is 0 Å². The first-order valence-corrected chi connectivity index (χ1v) is 8.81. The van der Waals surface area contributed by atoms with E-state index in [-0.39, 0.29) is 17.8 Å². The van der Waals surface area contributed by atoms with Gasteiger partial charge in [0.25, 0.3) is 0 Å². The first kappa shape index (κ1) is 16.1. The van der Waals surface area contributed by atoms with E-state index in [0.717, 1.165) is 33.4 Å². The SMILES string of the molecule is N#Cc1cc(Cl)ccc1-c1ccc2c(c1)[C@H]1O[C@@H]2c2ccc(C(=O)O)cc21. The number of halogens is 1. The molecule has 0 aromatic heterocycles. The summed E-state index contributed by atoms with van der Waals surface area (Å²) >= 11 is 6.01. The fraction of sp³-hybridized carbons (Fsp3) is 0.0909. The van der Waals surface area contributed by atoms with Gasteiger partial charge in [-0.05, 0) is 63.7 Å². The van der Waals surface area contributed by atoms with Crippen molar-refractivity contribution in [1.29, 1.82) is 5.26 Å². The first-order chi connectivity index (χ1) is 13.1. The van der Waals surface area contributed by atoms with Crippen LogP contribution in [0.15, 0.2) is 54.6 Å². The Morgan fingerprint density at radius 1 is 0.963 bits per heavy atom. The predicted octanol–water partition coefficient (Wildman–Crippen LogP) is 5.10. The Bertz CT molecular complexity index is 1180. The molecule has 0 amide bonds. The Morgan fingerprint density at radius 3 is 2.41 bits per heavy atom. The van der Waals surface area contributed by atoms with Crippen LogP contribution in [0.3, 0.4) is 0 Å². The van der Waals surface area contributed by atoms with E-state index in [4.69, 9.17) is 16.3 Å². The molecule has 3 aromatic carbocycles. The van der Waals surface area contributed by atoms with E-state index in [2.05, 4.69) is 6.07 Å². The van der Waals surface area contributed by atoms with Gasteiger partial charge >= 0.3 is 5.97 Å². The Balaban J connectivity index is 1.63. The summed E-state index contributed by atoms with van der Waals surface area (Å²) in [5.41, 5.74) is 6.53. The summed E-state index contributed by atoms with van der Waals surface area (Å²) in [4.78, 5) is 11.3. The molecule has 130 valence electrons. The molecule has 0 saturated heterocycles. The van der Waals surface area contributed by atoms with Gasteiger partial charge in [-0.15, -0.1) is 0 Å². The number of aromatic carboxylic acids is 1. The van der Waals surface area contributed by atoms with Crippen LogP contribution in [0.4, 0.5) is 0 Å². The smallest absolute Gasteiger partial charge is 0.335 e. The minimum atomic E-state index is -0.950. The van der Waals surface area contributed by atoms with E-state index in [0.29, 0.717) is 10.6 Å². The van der Waals surface area contributed by atoms with Crippen LogP contribution in [0.25, 0.3) is 11.1 Å². The van der Waals surface area contributed by atoms with Gasteiger partial charge in [-0.2, -0.15) is 5.26 Å². The lowest BCUT2D eigenvalue weighted by Gasteiger charge is -2.17. The standard InChI is InChI=1S/C22H12ClNO3/c23-14-3-6-15(13(7-14)10-24)11-1-4-16-18(8-11)21-19-9-12(22(25)26)2-5-17(19)20(16)27-21/h1-9,20-21H,(H,25,26)/t20-,21+/m0/s1. The van der Waals surface area contributed by atoms with Crippen LogP contribution in [0, 0.1) is 11.3 Å². The summed E-state index contributed by atoms with van der Waals surface area (Å²) in [5, 5.41) is 19.2. The number of hydrogen-bond acceptors (Lipinski definition) is 3. The number of hydrogen-bond donors (Lipinski definition) is 1. The van der Waals surface area contributed by atoms with Crippen LogP contribution in [0.1, 0.15) is 50.4 Å². The lowest BCUT2D eigenvalue weighted by molar-refractivity contribution is 0.0696. The predicted molar refractivity (Wildman–Crippen MR) is 99.8 cm³/mol. The van der Waals surface area contributed by atoms with Gasteiger partial charge in [-0.25, -0.2) is 4.79 Å². The monoisotopic (exact) mass is 373 g/mol. The molecule has 0 radical (unpaired) electrons. The van der Waals surface area contributed by atoms with Gasteiger partial charge < -0.3 is 9.84 Å². The molecule has 4 nitrogen and oxygen atoms in total. The van der Waals surface area contributed by atoms with Crippen molar-refractivity contribution in [3.05, 3.63) is 93.0 Å². The van der Waals surface area contributed by atoms with Crippen molar-refractivity contribution in [3.63, 3.8) is 0 Å². The second-order valence-corrected chi connectivity index (χ2v) is 7.13. The van der Waals surface area contributed by atoms with Crippen LogP contribution >= 0.6 is 11.6 Å². The number of fused-ring (bicyclic) bond motifs is 8. The van der Waals surface area contributed by atoms with E-state index >= 15 is 0 Å². The molecule has 5 rings (SSSR count). The van der Waals surface area contributed by atoms with Crippen molar-refractivity contribution in [2.24, 2.45) is 0 Å². The van der Waals surface area contributed by atoms with E-state index in [1.165, 1.54) is 0 Å². The van der Waals surface area contributed by atoms with Gasteiger partial charge in [0.2, 0.25) is 0 Å². The van der Waals surface area contributed by atoms with E-state index in [1.807, 2.05) is 30.3 Å². The molecular formula is C22H12ClNO3. The molecule has 2 aliphatic rings. The average molecular weight is 374 g/mol. The minimum Gasteiger partial charge on any atom is -0.478 e. The summed E-state index contributed by atoms with van der Waals surface area (Å²) in [6.07, 6.45) is -0.449. The molecule has 0 saturated carbocycles. The van der Waals surface area contributed by atoms with Gasteiger partial charge in [0, 0.05) is 5.02 Å². The highest BCUT2D eigenvalue weighted by atomic mass is 35.5. The third-order valence-corrected chi connectivity index (χ3v) is 5.47. The zero-order chi connectivity index (χ0) is 18.7. The maximum atomic E-state index is 11.3. The normalized spacial score (nSPS) is 18.7. The van der Waals surface area contributed by atoms with E-state index < -0.39 is 5.97 Å². The van der Waals surface area contributed by atoms with Crippen LogP contribution < -0.4 is 0 Å². The molecular weight excluding hydrogens is 362 g/mol. The number of carboxylic acids is 1. The van der Waals surface area contributed by atoms with Crippen molar-refractivity contribution in [3.8, 4) is 17.2 Å². The van der Waals surface area contributed by atoms with E-state index in [1.54, 1.807) is 24.3 Å². The molecule has 2 bridgehead atoms. The van der Waals surface area contributed by atoms with Gasteiger partial charge in [-0.1, -0.05) is 35.9 Å². The molecule has 2 atom stereocenters. The summed E-state index contributed by atoms with van der Waals surface area (Å²) < 4.78 is 6.14. The van der Waals surface area contributed by atoms with Crippen molar-refractivity contribution in [2.75, 3.05) is 0 Å². The third kappa shape index (κ3) is 2.30. The lowest BCUT2D eigenvalue weighted by Crippen LogP contribution is -2.06. The summed E-state index contributed by atoms with van der Waals surface area (Å²) in [5.74, 6) is -0.950. The van der Waals surface area contributed by atoms with Crippen molar-refractivity contribution in [2.45, 2.75) is 12.2 Å². The highest BCUT2D eigenvalue weighted by molar-refractivity contribution is 6.30. The molecule has 0 aliphatic carbocycles. The fourth-order valence-corrected chi connectivity index (χ4v) is 4.18. The Kier molecular flexibility index (Phi) is 3.38. The first-order valence-electron chi connectivity index (χ1n) is 8.43. The number of nitriles is 1. The maximum absolute atomic E-state index is 11.3. The quantitative estimate of drug-likeness (QED) is 0.678. The molecule has 3 aromatic rings. The zero-order valence-electron chi connectivity index (χ0n) is 13.9. The summed E-state index contributed by atoms with van der Waals surface area (Å²) in [7, 11) is 0. The zero-order valence-corrected chi connectivity index (χ0v) is 14.7. The fourth-order valence-electron chi connectivity index (χ4n) is 4.01. The molecule has 2 aliphatic heterocycles. The topological polar surface area (TPSA) is 70.3 Å². The van der Waals surface area contributed by atoms with Gasteiger partial charge in [0.05, 0.1) is 17.2 Å². The van der Waals surface area contributed by atoms with Gasteiger partial charge in [-0.3, -0.25) is 0 Å². The number of benzene rings is 3. The number of rotatable bonds is 2. The highest BCUT2D eigenvalue weighted by Gasteiger charge is 2.43. The van der Waals surface area contributed by atoms with Gasteiger partial charge in [0.15, 0.2) is 0 Å². The Morgan fingerprint density at radius 2 is 1.67 bits per heavy atom. The second-order valence-electron chi connectivity index (χ2n) is 6.69. The number of nitrogens with zero attached hydrogens (tertiary/aromatic N) is 1. The molecule has 0 unspecified atom stereocenters. The second kappa shape index (κ2) is 5.68. The lowest BCUT2D eigenvalue weighted by atomic mass is 9.83. The van der Waals surface area contributed by atoms with Crippen molar-refractivity contribution < 1.29 is 14.6 Å². The third-order valence-electron chi connectivity index (χ3n) is 5.24. The average Bonchev–Trinajstić information content (AvgIpc) is 3.24. The number of carbonyl (C=O) groups is 1. The summed E-state index contributed by atoms with van der Waals surface area (Å²) in [6, 6.07) is 18.6. The highest BCUT2D eigenvalue weighted by Crippen LogP contribution is 2.54. The molecule has 27 heavy (non-hydrogen) atoms. The summed E-state index contributed by atoms with van der Waals surface area (Å²) in [6.45, 7) is 0. The van der Waals surface area contributed by atoms with Crippen molar-refractivity contribution in [1.82, 2.24) is 0 Å². The number of ether oxygens (including phenoxy) is 1. The largest absolute Gasteiger partial charge is 0.478 e. The van der Waals surface area contributed by atoms with Crippen molar-refractivity contribution >= 4 is 17.6 Å². The molecule has 2 heterocycles. The Labute approximate surface area is 160 Å². The Hall–Kier alpha value is -3.13. The molecule has 1 N–H and O–H groups in total. The number of carboxylic acid groups (broad SMARTS) is 1. The molecule has 0 spiro atoms. The maximum Gasteiger partial charge on any atom is 0.335 e. The molecule has 0 fully saturated rings. The van der Waals surface area contributed by atoms with Crippen LogP contribution in [-0.2, 0) is 4.74 Å². The van der Waals surface area contributed by atoms with E-state index in [9.17, 15) is 15.2 Å².